The van der Waals surface area contributed by atoms with Crippen molar-refractivity contribution in [3.63, 3.8) is 0 Å². The second-order valence-electron chi connectivity index (χ2n) is 8.06. The first-order valence-corrected chi connectivity index (χ1v) is 9.45. The number of carbonyl (C=O) groups excluding carboxylic acids is 1. The van der Waals surface area contributed by atoms with E-state index in [4.69, 9.17) is 0 Å². The molecule has 1 amide bonds. The molecule has 0 spiro atoms. The summed E-state index contributed by atoms with van der Waals surface area (Å²) in [7, 11) is 0. The molecule has 0 saturated carbocycles. The van der Waals surface area contributed by atoms with Crippen LogP contribution >= 0.6 is 0 Å². The quantitative estimate of drug-likeness (QED) is 0.855. The molecule has 1 aliphatic heterocycles. The van der Waals surface area contributed by atoms with Gasteiger partial charge in [-0.2, -0.15) is 0 Å². The van der Waals surface area contributed by atoms with Gasteiger partial charge in [0.25, 0.3) is 0 Å². The molecule has 0 radical (unpaired) electrons. The molecule has 2 rings (SSSR count). The molecule has 0 unspecified atom stereocenters. The van der Waals surface area contributed by atoms with Crippen molar-refractivity contribution >= 4 is 5.91 Å². The second kappa shape index (κ2) is 8.66. The highest BCUT2D eigenvalue weighted by Crippen LogP contribution is 2.21. The Bertz CT molecular complexity index is 505. The molecule has 1 saturated heterocycles. The normalized spacial score (nSPS) is 17.0. The zero-order valence-corrected chi connectivity index (χ0v) is 16.0. The van der Waals surface area contributed by atoms with E-state index in [2.05, 4.69) is 69.1 Å². The third kappa shape index (κ3) is 5.34. The minimum atomic E-state index is 0.180. The maximum Gasteiger partial charge on any atom is 0.223 e. The lowest BCUT2D eigenvalue weighted by atomic mass is 9.90. The van der Waals surface area contributed by atoms with E-state index in [1.165, 1.54) is 11.1 Å². The Morgan fingerprint density at radius 1 is 1.08 bits per heavy atom. The number of amides is 1. The highest BCUT2D eigenvalue weighted by molar-refractivity contribution is 5.79. The standard InChI is InChI=1S/C21H34N2O/c1-15(2)20(16(3)4)22-21(24)19-10-12-23(13-11-19)14-18-8-6-17(5)7-9-18/h6-9,15-16,19-20H,10-14H2,1-5H3,(H,22,24). The van der Waals surface area contributed by atoms with Gasteiger partial charge in [0.2, 0.25) is 5.91 Å². The molecule has 0 bridgehead atoms. The van der Waals surface area contributed by atoms with Crippen molar-refractivity contribution < 1.29 is 4.79 Å². The van der Waals surface area contributed by atoms with Crippen LogP contribution < -0.4 is 5.32 Å². The first-order chi connectivity index (χ1) is 11.4. The van der Waals surface area contributed by atoms with E-state index < -0.39 is 0 Å². The summed E-state index contributed by atoms with van der Waals surface area (Å²) in [5.74, 6) is 1.41. The largest absolute Gasteiger partial charge is 0.353 e. The first-order valence-electron chi connectivity index (χ1n) is 9.45. The third-order valence-corrected chi connectivity index (χ3v) is 5.23. The van der Waals surface area contributed by atoms with Gasteiger partial charge in [-0.05, 0) is 50.3 Å². The van der Waals surface area contributed by atoms with Crippen molar-refractivity contribution in [2.75, 3.05) is 13.1 Å². The maximum absolute atomic E-state index is 12.6. The molecular formula is C21H34N2O. The molecule has 0 aliphatic carbocycles. The highest BCUT2D eigenvalue weighted by Gasteiger charge is 2.28. The van der Waals surface area contributed by atoms with Gasteiger partial charge in [-0.3, -0.25) is 9.69 Å². The third-order valence-electron chi connectivity index (χ3n) is 5.23. The Hall–Kier alpha value is -1.35. The highest BCUT2D eigenvalue weighted by atomic mass is 16.2. The molecule has 1 fully saturated rings. The van der Waals surface area contributed by atoms with Crippen LogP contribution in [0, 0.1) is 24.7 Å². The number of piperidine rings is 1. The van der Waals surface area contributed by atoms with E-state index in [0.29, 0.717) is 11.8 Å². The number of benzene rings is 1. The lowest BCUT2D eigenvalue weighted by Crippen LogP contribution is -2.47. The van der Waals surface area contributed by atoms with Crippen LogP contribution in [0.5, 0.6) is 0 Å². The van der Waals surface area contributed by atoms with Gasteiger partial charge < -0.3 is 5.32 Å². The SMILES string of the molecule is Cc1ccc(CN2CCC(C(=O)NC(C(C)C)C(C)C)CC2)cc1. The van der Waals surface area contributed by atoms with E-state index in [0.717, 1.165) is 32.5 Å². The number of hydrogen-bond acceptors (Lipinski definition) is 2. The van der Waals surface area contributed by atoms with Crippen LogP contribution in [-0.4, -0.2) is 29.9 Å². The lowest BCUT2D eigenvalue weighted by molar-refractivity contribution is -0.127. The number of rotatable bonds is 6. The van der Waals surface area contributed by atoms with Crippen molar-refractivity contribution in [1.29, 1.82) is 0 Å². The average molecular weight is 331 g/mol. The van der Waals surface area contributed by atoms with E-state index in [1.54, 1.807) is 0 Å². The van der Waals surface area contributed by atoms with Crippen molar-refractivity contribution in [2.24, 2.45) is 17.8 Å². The number of carbonyl (C=O) groups is 1. The van der Waals surface area contributed by atoms with Crippen LogP contribution in [0.2, 0.25) is 0 Å². The minimum absolute atomic E-state index is 0.180. The number of nitrogens with one attached hydrogen (secondary N) is 1. The molecule has 24 heavy (non-hydrogen) atoms. The zero-order valence-electron chi connectivity index (χ0n) is 16.0. The number of likely N-dealkylation sites (tertiary alicyclic amines) is 1. The Morgan fingerprint density at radius 2 is 1.62 bits per heavy atom. The van der Waals surface area contributed by atoms with Crippen molar-refractivity contribution in [3.8, 4) is 0 Å². The molecule has 3 heteroatoms. The number of hydrogen-bond donors (Lipinski definition) is 1. The van der Waals surface area contributed by atoms with E-state index in [-0.39, 0.29) is 17.9 Å². The maximum atomic E-state index is 12.6. The molecule has 0 aromatic heterocycles. The van der Waals surface area contributed by atoms with E-state index in [9.17, 15) is 4.79 Å². The van der Waals surface area contributed by atoms with E-state index >= 15 is 0 Å². The lowest BCUT2D eigenvalue weighted by Gasteiger charge is -2.33. The van der Waals surface area contributed by atoms with Gasteiger partial charge in [-0.15, -0.1) is 0 Å². The fraction of sp³-hybridized carbons (Fsp3) is 0.667. The molecule has 0 atom stereocenters. The molecule has 134 valence electrons. The predicted octanol–water partition coefficient (Wildman–Crippen LogP) is 4.00. The zero-order chi connectivity index (χ0) is 17.7. The summed E-state index contributed by atoms with van der Waals surface area (Å²) in [6.07, 6.45) is 1.95. The van der Waals surface area contributed by atoms with Crippen LogP contribution in [0.3, 0.4) is 0 Å². The molecule has 1 heterocycles. The van der Waals surface area contributed by atoms with Crippen molar-refractivity contribution in [3.05, 3.63) is 35.4 Å². The van der Waals surface area contributed by atoms with Crippen molar-refractivity contribution in [2.45, 2.75) is 60.0 Å². The van der Waals surface area contributed by atoms with Gasteiger partial charge in [0.15, 0.2) is 0 Å². The Labute approximate surface area is 147 Å². The van der Waals surface area contributed by atoms with Gasteiger partial charge in [-0.25, -0.2) is 0 Å². The predicted molar refractivity (Wildman–Crippen MR) is 101 cm³/mol. The first kappa shape index (κ1) is 19.0. The van der Waals surface area contributed by atoms with E-state index in [1.807, 2.05) is 0 Å². The van der Waals surface area contributed by atoms with Gasteiger partial charge in [0.05, 0.1) is 0 Å². The molecule has 1 aliphatic rings. The van der Waals surface area contributed by atoms with Crippen LogP contribution in [0.4, 0.5) is 0 Å². The Balaban J connectivity index is 1.81. The molecule has 1 aromatic carbocycles. The topological polar surface area (TPSA) is 32.3 Å². The van der Waals surface area contributed by atoms with Crippen LogP contribution in [0.25, 0.3) is 0 Å². The Morgan fingerprint density at radius 3 is 2.12 bits per heavy atom. The molecule has 1 aromatic rings. The summed E-state index contributed by atoms with van der Waals surface area (Å²) in [6.45, 7) is 13.9. The van der Waals surface area contributed by atoms with Gasteiger partial charge in [0, 0.05) is 18.5 Å². The van der Waals surface area contributed by atoms with Crippen molar-refractivity contribution in [1.82, 2.24) is 10.2 Å². The molecule has 1 N–H and O–H groups in total. The summed E-state index contributed by atoms with van der Waals surface area (Å²) in [4.78, 5) is 15.1. The van der Waals surface area contributed by atoms with Gasteiger partial charge >= 0.3 is 0 Å². The minimum Gasteiger partial charge on any atom is -0.353 e. The number of nitrogens with zero attached hydrogens (tertiary/aromatic N) is 1. The average Bonchev–Trinajstić information content (AvgIpc) is 2.54. The second-order valence-corrected chi connectivity index (χ2v) is 8.06. The summed E-state index contributed by atoms with van der Waals surface area (Å²) >= 11 is 0. The fourth-order valence-corrected chi connectivity index (χ4v) is 3.69. The number of aryl methyl sites for hydroxylation is 1. The smallest absolute Gasteiger partial charge is 0.223 e. The molecular weight excluding hydrogens is 296 g/mol. The van der Waals surface area contributed by atoms with Crippen LogP contribution in [0.15, 0.2) is 24.3 Å². The van der Waals surface area contributed by atoms with Crippen LogP contribution in [-0.2, 0) is 11.3 Å². The fourth-order valence-electron chi connectivity index (χ4n) is 3.69. The summed E-state index contributed by atoms with van der Waals surface area (Å²) in [5, 5.41) is 3.30. The summed E-state index contributed by atoms with van der Waals surface area (Å²) in [6, 6.07) is 9.05. The van der Waals surface area contributed by atoms with Crippen LogP contribution in [0.1, 0.15) is 51.7 Å². The monoisotopic (exact) mass is 330 g/mol. The van der Waals surface area contributed by atoms with Gasteiger partial charge in [-0.1, -0.05) is 57.5 Å². The van der Waals surface area contributed by atoms with Gasteiger partial charge in [0.1, 0.15) is 0 Å². The summed E-state index contributed by atoms with van der Waals surface area (Å²) < 4.78 is 0. The Kier molecular flexibility index (Phi) is 6.85. The summed E-state index contributed by atoms with van der Waals surface area (Å²) in [5.41, 5.74) is 2.67. The molecule has 3 nitrogen and oxygen atoms in total.